The van der Waals surface area contributed by atoms with Gasteiger partial charge in [-0.15, -0.1) is 21.5 Å². The summed E-state index contributed by atoms with van der Waals surface area (Å²) < 4.78 is 19.2. The van der Waals surface area contributed by atoms with E-state index in [1.165, 1.54) is 37.1 Å². The van der Waals surface area contributed by atoms with Crippen molar-refractivity contribution in [3.05, 3.63) is 83.2 Å². The molecule has 19 nitrogen and oxygen atoms in total. The number of fused-ring (bicyclic) bond motifs is 2. The van der Waals surface area contributed by atoms with Crippen molar-refractivity contribution in [2.24, 2.45) is 11.8 Å². The normalized spacial score (nSPS) is 27.0. The lowest BCUT2D eigenvalue weighted by Gasteiger charge is -2.49. The first-order valence-corrected chi connectivity index (χ1v) is 30.8. The number of carbonyl (C=O) groups is 2. The van der Waals surface area contributed by atoms with E-state index in [2.05, 4.69) is 50.2 Å². The van der Waals surface area contributed by atoms with Gasteiger partial charge in [0, 0.05) is 108 Å². The van der Waals surface area contributed by atoms with Gasteiger partial charge in [0.15, 0.2) is 17.4 Å². The highest BCUT2D eigenvalue weighted by atomic mass is 32.1. The number of nitrogen functional groups attached to an aromatic ring is 1. The molecule has 7 aliphatic rings. The van der Waals surface area contributed by atoms with Gasteiger partial charge >= 0.3 is 0 Å². The summed E-state index contributed by atoms with van der Waals surface area (Å²) in [5.74, 6) is 1.25. The van der Waals surface area contributed by atoms with Gasteiger partial charge in [0.2, 0.25) is 11.8 Å². The van der Waals surface area contributed by atoms with E-state index >= 15 is 0 Å². The SMILES string of the molecule is Cc1ncsc1-c1ccc([C@H](C)NC(=O)[C@@H]2C[C@@H](O)CN2C(=O)[C@@H](c2cc(N3CCC(OC4CCN(CC5CC(N6CCO[C@@H](CN7C8CCC7CN(c7cc(-c9ccccc9O)nnc7N)C8)C6)C5)CC4)CC3)no2)C(C)C)cc1. The van der Waals surface area contributed by atoms with E-state index in [0.29, 0.717) is 46.8 Å². The molecule has 1 aliphatic carbocycles. The molecule has 3 aromatic heterocycles. The number of aryl methyl sites for hydroxylation is 1. The molecule has 1 saturated carbocycles. The number of nitrogens with one attached hydrogen (secondary N) is 1. The largest absolute Gasteiger partial charge is 0.507 e. The summed E-state index contributed by atoms with van der Waals surface area (Å²) in [4.78, 5) is 48.0. The molecule has 9 heterocycles. The van der Waals surface area contributed by atoms with Crippen LogP contribution in [0.3, 0.4) is 0 Å². The molecule has 2 aromatic carbocycles. The number of β-amino-alcohol motifs (C(OH)–C–C–N with tert-alkyl or cyclic N) is 1. The molecule has 7 fully saturated rings. The Hall–Kier alpha value is -5.74. The van der Waals surface area contributed by atoms with Crippen LogP contribution in [0.2, 0.25) is 0 Å². The Morgan fingerprint density at radius 3 is 2.27 bits per heavy atom. The summed E-state index contributed by atoms with van der Waals surface area (Å²) in [6.45, 7) is 18.5. The summed E-state index contributed by atoms with van der Waals surface area (Å²) in [5, 5.41) is 37.5. The molecule has 20 heteroatoms. The molecular formula is C61H82N12O7S. The number of aromatic nitrogens is 4. The van der Waals surface area contributed by atoms with E-state index < -0.39 is 18.1 Å². The number of phenols is 1. The zero-order valence-electron chi connectivity index (χ0n) is 47.5. The van der Waals surface area contributed by atoms with Crippen LogP contribution in [0.4, 0.5) is 17.3 Å². The minimum Gasteiger partial charge on any atom is -0.507 e. The molecule has 2 bridgehead atoms. The Labute approximate surface area is 480 Å². The van der Waals surface area contributed by atoms with E-state index in [0.717, 1.165) is 124 Å². The number of aliphatic hydroxyl groups is 1. The number of likely N-dealkylation sites (tertiary alicyclic amines) is 2. The molecule has 12 rings (SSSR count). The van der Waals surface area contributed by atoms with Gasteiger partial charge in [-0.2, -0.15) is 0 Å². The molecular weight excluding hydrogens is 1040 g/mol. The van der Waals surface area contributed by atoms with Crippen LogP contribution in [0.25, 0.3) is 21.7 Å². The van der Waals surface area contributed by atoms with E-state index in [4.69, 9.17) is 19.7 Å². The third-order valence-corrected chi connectivity index (χ3v) is 19.8. The van der Waals surface area contributed by atoms with Crippen molar-refractivity contribution in [1.29, 1.82) is 0 Å². The number of ether oxygens (including phenoxy) is 2. The fourth-order valence-corrected chi connectivity index (χ4v) is 15.1. The van der Waals surface area contributed by atoms with Crippen molar-refractivity contribution in [2.45, 2.75) is 146 Å². The quantitative estimate of drug-likeness (QED) is 0.0761. The summed E-state index contributed by atoms with van der Waals surface area (Å²) in [7, 11) is 0. The molecule has 0 spiro atoms. The number of morpholine rings is 1. The van der Waals surface area contributed by atoms with Crippen molar-refractivity contribution >= 4 is 40.5 Å². The second-order valence-corrected chi connectivity index (χ2v) is 25.5. The van der Waals surface area contributed by atoms with Crippen LogP contribution in [-0.2, 0) is 19.1 Å². The number of hydrogen-bond donors (Lipinski definition) is 4. The van der Waals surface area contributed by atoms with Gasteiger partial charge in [-0.05, 0) is 106 Å². The number of piperidine rings is 2. The zero-order valence-corrected chi connectivity index (χ0v) is 48.3. The summed E-state index contributed by atoms with van der Waals surface area (Å²) in [6, 6.07) is 19.7. The Kier molecular flexibility index (Phi) is 16.7. The Balaban J connectivity index is 0.554. The number of rotatable bonds is 17. The van der Waals surface area contributed by atoms with Gasteiger partial charge in [0.05, 0.1) is 64.5 Å². The van der Waals surface area contributed by atoms with E-state index in [9.17, 15) is 19.8 Å². The minimum absolute atomic E-state index is 0.0851. The lowest BCUT2D eigenvalue weighted by Crippen LogP contribution is -2.59. The maximum atomic E-state index is 14.4. The second-order valence-electron chi connectivity index (χ2n) is 24.6. The molecule has 81 heavy (non-hydrogen) atoms. The molecule has 5 aromatic rings. The Bertz CT molecular complexity index is 2940. The van der Waals surface area contributed by atoms with Crippen molar-refractivity contribution in [1.82, 2.24) is 45.3 Å². The zero-order chi connectivity index (χ0) is 55.9. The van der Waals surface area contributed by atoms with Crippen molar-refractivity contribution in [2.75, 3.05) is 94.1 Å². The molecule has 2 unspecified atom stereocenters. The number of aliphatic hydroxyl groups excluding tert-OH is 1. The predicted molar refractivity (Wildman–Crippen MR) is 312 cm³/mol. The smallest absolute Gasteiger partial charge is 0.243 e. The minimum atomic E-state index is -0.802. The summed E-state index contributed by atoms with van der Waals surface area (Å²) >= 11 is 1.60. The average molecular weight is 1130 g/mol. The number of amides is 2. The van der Waals surface area contributed by atoms with Gasteiger partial charge in [-0.3, -0.25) is 19.4 Å². The molecule has 6 aliphatic heterocycles. The number of nitrogens with zero attached hydrogens (tertiary/aromatic N) is 10. The second kappa shape index (κ2) is 24.2. The molecule has 7 atom stereocenters. The standard InChI is InChI=1S/C61H82N12O7S/c1-37(2)57(61(77)73-33-46(74)27-53(73)60(76)64-38(3)41-9-11-42(12-10-41)58-39(4)63-36-81-58)55-29-56(67-80-55)69-21-17-48(18-22-69)79-47-15-19-68(20-16-47)30-40-25-45(26-40)70-23-24-78-49(34-70)35-72-43-13-14-44(72)32-71(31-43)52-28-51(65-66-59(52)62)50-7-5-6-8-54(50)75/h5-12,28-29,36-38,40,43-49,53,57,74-75H,13-27,30-35H2,1-4H3,(H2,62,66)(H,64,76)/t38-,40?,43?,44?,45?,46+,49+,53-,57+/m0/s1. The van der Waals surface area contributed by atoms with E-state index in [-0.39, 0.29) is 60.8 Å². The fourth-order valence-electron chi connectivity index (χ4n) is 14.3. The van der Waals surface area contributed by atoms with Crippen LogP contribution >= 0.6 is 11.3 Å². The highest BCUT2D eigenvalue weighted by molar-refractivity contribution is 7.13. The topological polar surface area (TPSA) is 215 Å². The number of aromatic hydroxyl groups is 1. The first kappa shape index (κ1) is 55.8. The van der Waals surface area contributed by atoms with Crippen LogP contribution in [0, 0.1) is 18.8 Å². The Morgan fingerprint density at radius 2 is 1.57 bits per heavy atom. The number of benzene rings is 2. The van der Waals surface area contributed by atoms with Crippen LogP contribution in [0.5, 0.6) is 5.75 Å². The average Bonchev–Trinajstić information content (AvgIpc) is 4.46. The summed E-state index contributed by atoms with van der Waals surface area (Å²) in [6.07, 6.45) is 8.88. The van der Waals surface area contributed by atoms with Crippen molar-refractivity contribution in [3.63, 3.8) is 0 Å². The highest BCUT2D eigenvalue weighted by Crippen LogP contribution is 2.40. The van der Waals surface area contributed by atoms with Crippen molar-refractivity contribution in [3.8, 4) is 27.4 Å². The van der Waals surface area contributed by atoms with Crippen LogP contribution in [-0.4, -0.2) is 189 Å². The van der Waals surface area contributed by atoms with E-state index in [1.54, 1.807) is 17.4 Å². The Morgan fingerprint density at radius 1 is 0.840 bits per heavy atom. The third kappa shape index (κ3) is 12.2. The van der Waals surface area contributed by atoms with Crippen LogP contribution in [0.1, 0.15) is 108 Å². The van der Waals surface area contributed by atoms with Gasteiger partial charge in [0.1, 0.15) is 17.7 Å². The number of hydrogen-bond acceptors (Lipinski definition) is 18. The lowest BCUT2D eigenvalue weighted by atomic mass is 9.78. The number of nitrogens with two attached hydrogens (primary N) is 1. The predicted octanol–water partition coefficient (Wildman–Crippen LogP) is 6.71. The van der Waals surface area contributed by atoms with Gasteiger partial charge in [0.25, 0.3) is 0 Å². The number of piperazine rings is 1. The third-order valence-electron chi connectivity index (χ3n) is 18.9. The van der Waals surface area contributed by atoms with Crippen LogP contribution < -0.4 is 20.9 Å². The number of para-hydroxylation sites is 1. The lowest BCUT2D eigenvalue weighted by molar-refractivity contribution is -0.141. The molecule has 5 N–H and O–H groups in total. The first-order chi connectivity index (χ1) is 39.3. The van der Waals surface area contributed by atoms with Gasteiger partial charge in [-0.1, -0.05) is 55.4 Å². The summed E-state index contributed by atoms with van der Waals surface area (Å²) in [5.41, 5.74) is 13.5. The number of anilines is 3. The van der Waals surface area contributed by atoms with Gasteiger partial charge < -0.3 is 54.9 Å². The van der Waals surface area contributed by atoms with E-state index in [1.807, 2.05) is 87.8 Å². The van der Waals surface area contributed by atoms with Crippen LogP contribution in [0.15, 0.2) is 70.7 Å². The molecule has 434 valence electrons. The monoisotopic (exact) mass is 1130 g/mol. The maximum Gasteiger partial charge on any atom is 0.243 e. The number of thiazole rings is 1. The number of phenolic OH excluding ortho intramolecular Hbond substituents is 1. The molecule has 2 amide bonds. The fraction of sp³-hybridized carbons (Fsp3) is 0.607. The molecule has 0 radical (unpaired) electrons. The highest BCUT2D eigenvalue weighted by Gasteiger charge is 2.46. The number of carbonyl (C=O) groups excluding carboxylic acids is 2. The first-order valence-electron chi connectivity index (χ1n) is 29.9. The van der Waals surface area contributed by atoms with Crippen molar-refractivity contribution < 1.29 is 33.8 Å². The maximum absolute atomic E-state index is 14.4. The van der Waals surface area contributed by atoms with Gasteiger partial charge in [-0.25, -0.2) is 4.98 Å². The molecule has 6 saturated heterocycles.